The summed E-state index contributed by atoms with van der Waals surface area (Å²) in [5, 5.41) is 5.00. The fourth-order valence-corrected chi connectivity index (χ4v) is 4.82. The second kappa shape index (κ2) is 8.41. The predicted molar refractivity (Wildman–Crippen MR) is 143 cm³/mol. The van der Waals surface area contributed by atoms with Gasteiger partial charge < -0.3 is 15.3 Å². The molecule has 0 atom stereocenters. The maximum absolute atomic E-state index is 13.5. The molecule has 1 fully saturated rings. The molecule has 7 heteroatoms. The van der Waals surface area contributed by atoms with Gasteiger partial charge in [-0.2, -0.15) is 0 Å². The molecule has 0 spiro atoms. The SMILES string of the molecule is O=C(Nc1cncc(-c2cnc3[nH]cc(-c4cc5c(-c6ccc(F)cc6)cccc5[nH]4)c3c2)c1)C1CC1. The number of benzene rings is 2. The minimum absolute atomic E-state index is 0.0549. The molecule has 1 amide bonds. The Bertz CT molecular complexity index is 1800. The van der Waals surface area contributed by atoms with Gasteiger partial charge in [-0.05, 0) is 60.4 Å². The first-order chi connectivity index (χ1) is 18.1. The molecule has 0 aliphatic heterocycles. The monoisotopic (exact) mass is 487 g/mol. The van der Waals surface area contributed by atoms with E-state index in [0.29, 0.717) is 5.69 Å². The molecule has 6 nitrogen and oxygen atoms in total. The molecule has 3 N–H and O–H groups in total. The second-order valence-corrected chi connectivity index (χ2v) is 9.51. The van der Waals surface area contributed by atoms with Gasteiger partial charge in [-0.1, -0.05) is 24.3 Å². The number of amides is 1. The molecule has 0 radical (unpaired) electrons. The van der Waals surface area contributed by atoms with Crippen LogP contribution in [0, 0.1) is 11.7 Å². The third kappa shape index (κ3) is 3.94. The number of hydrogen-bond acceptors (Lipinski definition) is 3. The lowest BCUT2D eigenvalue weighted by molar-refractivity contribution is -0.117. The lowest BCUT2D eigenvalue weighted by Crippen LogP contribution is -2.13. The average Bonchev–Trinajstić information content (AvgIpc) is 3.55. The Hall–Kier alpha value is -4.78. The van der Waals surface area contributed by atoms with Crippen LogP contribution in [0.15, 0.2) is 85.5 Å². The van der Waals surface area contributed by atoms with Crippen LogP contribution in [0.5, 0.6) is 0 Å². The topological polar surface area (TPSA) is 86.5 Å². The van der Waals surface area contributed by atoms with E-state index < -0.39 is 0 Å². The number of carbonyl (C=O) groups excluding carboxylic acids is 1. The summed E-state index contributed by atoms with van der Waals surface area (Å²) in [6.07, 6.45) is 9.11. The van der Waals surface area contributed by atoms with Crippen molar-refractivity contribution in [3.63, 3.8) is 0 Å². The van der Waals surface area contributed by atoms with Crippen molar-refractivity contribution in [2.24, 2.45) is 5.92 Å². The molecular formula is C30H22FN5O. The van der Waals surface area contributed by atoms with Crippen molar-refractivity contribution in [1.29, 1.82) is 0 Å². The highest BCUT2D eigenvalue weighted by Crippen LogP contribution is 2.36. The van der Waals surface area contributed by atoms with Crippen LogP contribution < -0.4 is 5.32 Å². The molecule has 1 saturated carbocycles. The summed E-state index contributed by atoms with van der Waals surface area (Å²) in [5.74, 6) is -0.0676. The van der Waals surface area contributed by atoms with Crippen molar-refractivity contribution in [3.05, 3.63) is 91.3 Å². The summed E-state index contributed by atoms with van der Waals surface area (Å²) in [7, 11) is 0. The molecule has 4 heterocycles. The number of nitrogens with one attached hydrogen (secondary N) is 3. The Kier molecular flexibility index (Phi) is 4.89. The fraction of sp³-hybridized carbons (Fsp3) is 0.100. The van der Waals surface area contributed by atoms with Crippen molar-refractivity contribution >= 4 is 33.5 Å². The van der Waals surface area contributed by atoms with E-state index in [4.69, 9.17) is 0 Å². The molecule has 7 rings (SSSR count). The number of fused-ring (bicyclic) bond motifs is 2. The Morgan fingerprint density at radius 3 is 2.57 bits per heavy atom. The maximum Gasteiger partial charge on any atom is 0.227 e. The summed E-state index contributed by atoms with van der Waals surface area (Å²) in [6, 6.07) is 18.8. The average molecular weight is 488 g/mol. The van der Waals surface area contributed by atoms with Crippen molar-refractivity contribution in [1.82, 2.24) is 19.9 Å². The smallest absolute Gasteiger partial charge is 0.227 e. The van der Waals surface area contributed by atoms with Crippen LogP contribution in [0.25, 0.3) is 55.4 Å². The summed E-state index contributed by atoms with van der Waals surface area (Å²) in [6.45, 7) is 0. The van der Waals surface area contributed by atoms with Crippen molar-refractivity contribution in [2.45, 2.75) is 12.8 Å². The number of nitrogens with zero attached hydrogens (tertiary/aromatic N) is 2. The molecule has 6 aromatic rings. The van der Waals surface area contributed by atoms with E-state index in [2.05, 4.69) is 37.4 Å². The molecule has 4 aromatic heterocycles. The first kappa shape index (κ1) is 21.5. The zero-order chi connectivity index (χ0) is 24.9. The predicted octanol–water partition coefficient (Wildman–Crippen LogP) is 6.93. The quantitative estimate of drug-likeness (QED) is 0.246. The number of hydrogen-bond donors (Lipinski definition) is 3. The van der Waals surface area contributed by atoms with Crippen LogP contribution in [-0.2, 0) is 4.79 Å². The third-order valence-electron chi connectivity index (χ3n) is 6.93. The van der Waals surface area contributed by atoms with Gasteiger partial charge in [0.1, 0.15) is 11.5 Å². The summed E-state index contributed by atoms with van der Waals surface area (Å²) < 4.78 is 13.5. The van der Waals surface area contributed by atoms with E-state index >= 15 is 0 Å². The molecule has 2 aromatic carbocycles. The first-order valence-electron chi connectivity index (χ1n) is 12.2. The number of rotatable bonds is 5. The van der Waals surface area contributed by atoms with Crippen LogP contribution in [0.2, 0.25) is 0 Å². The van der Waals surface area contributed by atoms with Gasteiger partial charge in [0.15, 0.2) is 0 Å². The van der Waals surface area contributed by atoms with Crippen LogP contribution in [-0.4, -0.2) is 25.8 Å². The number of halogens is 1. The lowest BCUT2D eigenvalue weighted by atomic mass is 10.0. The number of aromatic amines is 2. The standard InChI is InChI=1S/C30H22FN5O/c31-21-8-6-17(7-9-21)23-2-1-3-27-24(23)12-28(36-27)26-16-34-29-25(26)11-20(14-33-29)19-10-22(15-32-13-19)35-30(37)18-4-5-18/h1-3,6-16,18,36H,4-5H2,(H,33,34)(H,35,37). The largest absolute Gasteiger partial charge is 0.354 e. The minimum atomic E-state index is -0.251. The normalized spacial score (nSPS) is 13.3. The van der Waals surface area contributed by atoms with E-state index in [9.17, 15) is 9.18 Å². The minimum Gasteiger partial charge on any atom is -0.354 e. The van der Waals surface area contributed by atoms with Gasteiger partial charge in [0.25, 0.3) is 0 Å². The van der Waals surface area contributed by atoms with Crippen LogP contribution in [0.1, 0.15) is 12.8 Å². The Labute approximate surface area is 211 Å². The van der Waals surface area contributed by atoms with Gasteiger partial charge in [0.2, 0.25) is 5.91 Å². The third-order valence-corrected chi connectivity index (χ3v) is 6.93. The van der Waals surface area contributed by atoms with E-state index in [1.807, 2.05) is 36.7 Å². The highest BCUT2D eigenvalue weighted by molar-refractivity contribution is 6.02. The van der Waals surface area contributed by atoms with E-state index in [1.54, 1.807) is 24.5 Å². The van der Waals surface area contributed by atoms with Gasteiger partial charge >= 0.3 is 0 Å². The number of carbonyl (C=O) groups is 1. The Morgan fingerprint density at radius 2 is 1.73 bits per heavy atom. The Balaban J connectivity index is 1.28. The van der Waals surface area contributed by atoms with Gasteiger partial charge in [0.05, 0.1) is 11.9 Å². The number of H-pyrrole nitrogens is 2. The van der Waals surface area contributed by atoms with Gasteiger partial charge in [-0.3, -0.25) is 9.78 Å². The number of pyridine rings is 2. The van der Waals surface area contributed by atoms with Crippen LogP contribution in [0.4, 0.5) is 10.1 Å². The van der Waals surface area contributed by atoms with Gasteiger partial charge in [0, 0.05) is 63.2 Å². The zero-order valence-corrected chi connectivity index (χ0v) is 19.8. The van der Waals surface area contributed by atoms with E-state index in [-0.39, 0.29) is 17.6 Å². The highest BCUT2D eigenvalue weighted by Gasteiger charge is 2.29. The second-order valence-electron chi connectivity index (χ2n) is 9.51. The first-order valence-corrected chi connectivity index (χ1v) is 12.2. The van der Waals surface area contributed by atoms with Gasteiger partial charge in [-0.15, -0.1) is 0 Å². The van der Waals surface area contributed by atoms with E-state index in [0.717, 1.165) is 68.3 Å². The highest BCUT2D eigenvalue weighted by atomic mass is 19.1. The number of anilines is 1. The van der Waals surface area contributed by atoms with Crippen molar-refractivity contribution < 1.29 is 9.18 Å². The van der Waals surface area contributed by atoms with Crippen molar-refractivity contribution in [3.8, 4) is 33.5 Å². The van der Waals surface area contributed by atoms with Crippen LogP contribution >= 0.6 is 0 Å². The zero-order valence-electron chi connectivity index (χ0n) is 19.8. The van der Waals surface area contributed by atoms with Gasteiger partial charge in [-0.25, -0.2) is 9.37 Å². The molecule has 180 valence electrons. The molecule has 1 aliphatic rings. The molecule has 0 unspecified atom stereocenters. The Morgan fingerprint density at radius 1 is 0.892 bits per heavy atom. The summed E-state index contributed by atoms with van der Waals surface area (Å²) >= 11 is 0. The maximum atomic E-state index is 13.5. The molecule has 37 heavy (non-hydrogen) atoms. The molecule has 1 aliphatic carbocycles. The fourth-order valence-electron chi connectivity index (χ4n) is 4.82. The molecular weight excluding hydrogens is 465 g/mol. The molecule has 0 bridgehead atoms. The summed E-state index contributed by atoms with van der Waals surface area (Å²) in [5.41, 5.74) is 8.21. The van der Waals surface area contributed by atoms with E-state index in [1.165, 1.54) is 12.1 Å². The van der Waals surface area contributed by atoms with Crippen LogP contribution in [0.3, 0.4) is 0 Å². The lowest BCUT2D eigenvalue weighted by Gasteiger charge is -2.07. The van der Waals surface area contributed by atoms with Crippen molar-refractivity contribution in [2.75, 3.05) is 5.32 Å². The summed E-state index contributed by atoms with van der Waals surface area (Å²) in [4.78, 5) is 28.0. The molecule has 0 saturated heterocycles. The number of aromatic nitrogens is 4.